The fourth-order valence-electron chi connectivity index (χ4n) is 4.54. The molecule has 1 atom stereocenters. The maximum atomic E-state index is 9.73. The van der Waals surface area contributed by atoms with Crippen LogP contribution in [0, 0.1) is 18.3 Å². The van der Waals surface area contributed by atoms with Crippen LogP contribution >= 0.6 is 39.1 Å². The number of halogens is 3. The highest BCUT2D eigenvalue weighted by Gasteiger charge is 2.16. The van der Waals surface area contributed by atoms with Crippen molar-refractivity contribution in [3.8, 4) is 34.4 Å². The van der Waals surface area contributed by atoms with Gasteiger partial charge in [0.05, 0.1) is 34.9 Å². The molecule has 4 rings (SSSR count). The Balaban J connectivity index is 1.55. The normalized spacial score (nSPS) is 11.6. The van der Waals surface area contributed by atoms with Crippen molar-refractivity contribution in [2.45, 2.75) is 39.2 Å². The predicted molar refractivity (Wildman–Crippen MR) is 179 cm³/mol. The van der Waals surface area contributed by atoms with Gasteiger partial charge in [-0.1, -0.05) is 69.5 Å². The fraction of sp³-hybridized carbons (Fsp3) is 0.294. The largest absolute Gasteiger partial charge is 0.492 e. The zero-order valence-electron chi connectivity index (χ0n) is 24.7. The van der Waals surface area contributed by atoms with Crippen LogP contribution in [-0.2, 0) is 19.8 Å². The second kappa shape index (κ2) is 17.4. The van der Waals surface area contributed by atoms with Crippen LogP contribution in [0.3, 0.4) is 0 Å². The number of rotatable bonds is 16. The number of alkyl halides is 1. The highest BCUT2D eigenvalue weighted by molar-refractivity contribution is 9.09. The Morgan fingerprint density at radius 1 is 0.956 bits per heavy atom. The minimum absolute atomic E-state index is 0.163. The Bertz CT molecular complexity index is 1630. The third kappa shape index (κ3) is 9.57. The van der Waals surface area contributed by atoms with Crippen LogP contribution in [-0.4, -0.2) is 46.4 Å². The summed E-state index contributed by atoms with van der Waals surface area (Å²) in [6.07, 6.45) is 3.10. The topological polar surface area (TPSA) is 117 Å². The zero-order valence-corrected chi connectivity index (χ0v) is 27.8. The summed E-state index contributed by atoms with van der Waals surface area (Å²) in [7, 11) is 0. The van der Waals surface area contributed by atoms with Crippen LogP contribution in [0.4, 0.5) is 0 Å². The minimum atomic E-state index is -0.893. The van der Waals surface area contributed by atoms with Crippen molar-refractivity contribution < 1.29 is 24.4 Å². The molecule has 0 amide bonds. The number of benzene rings is 3. The number of hydrogen-bond donors (Lipinski definition) is 3. The van der Waals surface area contributed by atoms with Crippen molar-refractivity contribution in [2.75, 3.05) is 25.1 Å². The van der Waals surface area contributed by atoms with Gasteiger partial charge in [-0.15, -0.1) is 0 Å². The summed E-state index contributed by atoms with van der Waals surface area (Å²) in [4.78, 5) is 4.10. The molecule has 4 aromatic rings. The van der Waals surface area contributed by atoms with Gasteiger partial charge in [-0.25, -0.2) is 0 Å². The Hall–Kier alpha value is -3.36. The first-order valence-corrected chi connectivity index (χ1v) is 16.2. The second-order valence-corrected chi connectivity index (χ2v) is 11.8. The second-order valence-electron chi connectivity index (χ2n) is 10.2. The first-order valence-electron chi connectivity index (χ1n) is 14.3. The average molecular weight is 715 g/mol. The molecular weight excluding hydrogens is 681 g/mol. The van der Waals surface area contributed by atoms with Gasteiger partial charge in [0, 0.05) is 53.6 Å². The van der Waals surface area contributed by atoms with E-state index in [2.05, 4.69) is 32.3 Å². The number of aliphatic hydroxyl groups is 2. The third-order valence-corrected chi connectivity index (χ3v) is 8.20. The molecule has 0 spiro atoms. The number of aliphatic hydroxyl groups excluding tert-OH is 2. The van der Waals surface area contributed by atoms with Crippen LogP contribution < -0.4 is 19.5 Å². The molecular formula is C34H34BrCl2N3O5. The van der Waals surface area contributed by atoms with Crippen LogP contribution in [0.1, 0.15) is 34.2 Å². The van der Waals surface area contributed by atoms with Crippen molar-refractivity contribution in [1.82, 2.24) is 10.3 Å². The Morgan fingerprint density at radius 3 is 2.51 bits per heavy atom. The maximum Gasteiger partial charge on any atom is 0.142 e. The van der Waals surface area contributed by atoms with Crippen molar-refractivity contribution in [3.63, 3.8) is 0 Å². The van der Waals surface area contributed by atoms with Crippen LogP contribution in [0.2, 0.25) is 10.0 Å². The van der Waals surface area contributed by atoms with Gasteiger partial charge in [0.25, 0.3) is 0 Å². The van der Waals surface area contributed by atoms with E-state index in [1.54, 1.807) is 24.4 Å². The Labute approximate surface area is 281 Å². The predicted octanol–water partition coefficient (Wildman–Crippen LogP) is 7.00. The van der Waals surface area contributed by atoms with Gasteiger partial charge >= 0.3 is 0 Å². The molecule has 11 heteroatoms. The monoisotopic (exact) mass is 713 g/mol. The lowest BCUT2D eigenvalue weighted by Crippen LogP contribution is -2.29. The maximum absolute atomic E-state index is 9.73. The molecule has 8 nitrogen and oxygen atoms in total. The van der Waals surface area contributed by atoms with Crippen molar-refractivity contribution in [2.24, 2.45) is 0 Å². The number of aromatic nitrogens is 1. The highest BCUT2D eigenvalue weighted by Crippen LogP contribution is 2.38. The molecule has 0 aliphatic heterocycles. The Kier molecular flexibility index (Phi) is 13.3. The van der Waals surface area contributed by atoms with Crippen molar-refractivity contribution >= 4 is 39.1 Å². The molecule has 0 bridgehead atoms. The van der Waals surface area contributed by atoms with Gasteiger partial charge < -0.3 is 29.7 Å². The summed E-state index contributed by atoms with van der Waals surface area (Å²) < 4.78 is 18.3. The average Bonchev–Trinajstić information content (AvgIpc) is 3.05. The first kappa shape index (κ1) is 34.5. The third-order valence-electron chi connectivity index (χ3n) is 6.96. The van der Waals surface area contributed by atoms with E-state index in [1.807, 2.05) is 43.3 Å². The summed E-state index contributed by atoms with van der Waals surface area (Å²) in [5, 5.41) is 33.0. The highest BCUT2D eigenvalue weighted by atomic mass is 79.9. The van der Waals surface area contributed by atoms with Gasteiger partial charge in [-0.3, -0.25) is 4.98 Å². The van der Waals surface area contributed by atoms with Gasteiger partial charge in [-0.2, -0.15) is 5.26 Å². The number of nitrogens with zero attached hydrogens (tertiary/aromatic N) is 2. The van der Waals surface area contributed by atoms with E-state index >= 15 is 0 Å². The van der Waals surface area contributed by atoms with Crippen LogP contribution in [0.15, 0.2) is 67.0 Å². The van der Waals surface area contributed by atoms with E-state index in [-0.39, 0.29) is 26.4 Å². The summed E-state index contributed by atoms with van der Waals surface area (Å²) in [6, 6.07) is 19.0. The SMILES string of the molecule is Cc1c(COc2cc(OCc3cncc(C#N)c3)c(CNC[C@@H](O)CO)cc2Cl)cccc1-c1cccc(OCCCBr)c1Cl. The molecule has 3 aromatic carbocycles. The number of hydrogen-bond acceptors (Lipinski definition) is 8. The molecule has 0 aliphatic rings. The van der Waals surface area contributed by atoms with Crippen molar-refractivity contribution in [3.05, 3.63) is 105 Å². The Morgan fingerprint density at radius 2 is 1.73 bits per heavy atom. The van der Waals surface area contributed by atoms with Gasteiger partial charge in [0.2, 0.25) is 0 Å². The standard InChI is InChI=1S/C34H34BrCl2N3O5/c1-22-25(5-2-6-28(22)29-7-3-8-31(34(29)37)43-10-4-9-35)21-45-33-13-32(44-20-24-11-23(14-38)15-39-16-24)26(12-30(33)36)17-40-18-27(42)19-41/h2-3,5-8,11-13,15-16,27,40-42H,4,9-10,17-21H2,1H3/t27-/m1/s1. The van der Waals surface area contributed by atoms with E-state index < -0.39 is 6.10 Å². The molecule has 45 heavy (non-hydrogen) atoms. The molecule has 0 saturated carbocycles. The zero-order chi connectivity index (χ0) is 32.2. The summed E-state index contributed by atoms with van der Waals surface area (Å²) >= 11 is 16.9. The van der Waals surface area contributed by atoms with Crippen LogP contribution in [0.5, 0.6) is 17.2 Å². The van der Waals surface area contributed by atoms with E-state index in [0.29, 0.717) is 46.0 Å². The van der Waals surface area contributed by atoms with Gasteiger partial charge in [0.15, 0.2) is 0 Å². The van der Waals surface area contributed by atoms with E-state index in [9.17, 15) is 10.4 Å². The molecule has 0 saturated heterocycles. The number of pyridine rings is 1. The molecule has 0 fully saturated rings. The number of nitriles is 1. The summed E-state index contributed by atoms with van der Waals surface area (Å²) in [5.41, 5.74) is 5.70. The molecule has 3 N–H and O–H groups in total. The molecule has 0 unspecified atom stereocenters. The smallest absolute Gasteiger partial charge is 0.142 e. The lowest BCUT2D eigenvalue weighted by atomic mass is 9.96. The molecule has 1 aromatic heterocycles. The molecule has 0 radical (unpaired) electrons. The van der Waals surface area contributed by atoms with Crippen LogP contribution in [0.25, 0.3) is 11.1 Å². The fourth-order valence-corrected chi connectivity index (χ4v) is 5.29. The van der Waals surface area contributed by atoms with E-state index in [4.69, 9.17) is 42.5 Å². The van der Waals surface area contributed by atoms with Gasteiger partial charge in [0.1, 0.15) is 36.5 Å². The lowest BCUT2D eigenvalue weighted by Gasteiger charge is -2.18. The number of ether oxygens (including phenoxy) is 3. The first-order chi connectivity index (χ1) is 21.8. The molecule has 236 valence electrons. The van der Waals surface area contributed by atoms with Gasteiger partial charge in [-0.05, 0) is 48.2 Å². The number of nitrogens with one attached hydrogen (secondary N) is 1. The van der Waals surface area contributed by atoms with Crippen molar-refractivity contribution in [1.29, 1.82) is 5.26 Å². The van der Waals surface area contributed by atoms with E-state index in [0.717, 1.165) is 45.1 Å². The summed E-state index contributed by atoms with van der Waals surface area (Å²) in [5.74, 6) is 1.59. The summed E-state index contributed by atoms with van der Waals surface area (Å²) in [6.45, 7) is 3.15. The lowest BCUT2D eigenvalue weighted by molar-refractivity contribution is 0.0941. The molecule has 0 aliphatic carbocycles. The quantitative estimate of drug-likeness (QED) is 0.0840. The van der Waals surface area contributed by atoms with E-state index in [1.165, 1.54) is 6.20 Å². The minimum Gasteiger partial charge on any atom is -0.492 e. The molecule has 1 heterocycles.